The van der Waals surface area contributed by atoms with Crippen molar-refractivity contribution in [2.45, 2.75) is 25.3 Å². The molecule has 2 heterocycles. The Bertz CT molecular complexity index is 599. The molecule has 20 heavy (non-hydrogen) atoms. The van der Waals surface area contributed by atoms with Crippen molar-refractivity contribution in [2.24, 2.45) is 0 Å². The summed E-state index contributed by atoms with van der Waals surface area (Å²) in [6.07, 6.45) is 4.35. The molecule has 0 unspecified atom stereocenters. The van der Waals surface area contributed by atoms with E-state index in [1.807, 2.05) is 30.1 Å². The zero-order valence-corrected chi connectivity index (χ0v) is 11.7. The topological polar surface area (TPSA) is 61.0 Å². The number of likely N-dealkylation sites (tertiary alicyclic amines) is 1. The quantitative estimate of drug-likeness (QED) is 0.886. The Labute approximate surface area is 118 Å². The number of benzene rings is 1. The zero-order chi connectivity index (χ0) is 13.9. The summed E-state index contributed by atoms with van der Waals surface area (Å²) in [5.74, 6) is 0.221. The molecule has 1 aliphatic rings. The minimum atomic E-state index is 0.221. The van der Waals surface area contributed by atoms with E-state index in [0.29, 0.717) is 12.5 Å². The molecule has 106 valence electrons. The Morgan fingerprint density at radius 2 is 2.25 bits per heavy atom. The van der Waals surface area contributed by atoms with Crippen LogP contribution in [-0.2, 0) is 11.2 Å². The van der Waals surface area contributed by atoms with E-state index in [9.17, 15) is 4.79 Å². The van der Waals surface area contributed by atoms with Crippen LogP contribution in [-0.4, -0.2) is 47.2 Å². The summed E-state index contributed by atoms with van der Waals surface area (Å²) >= 11 is 0. The van der Waals surface area contributed by atoms with Crippen LogP contribution < -0.4 is 5.32 Å². The first-order valence-corrected chi connectivity index (χ1v) is 7.13. The van der Waals surface area contributed by atoms with Crippen LogP contribution >= 0.6 is 0 Å². The number of hydrogen-bond donors (Lipinski definition) is 2. The van der Waals surface area contributed by atoms with E-state index >= 15 is 0 Å². The SMILES string of the molecule is CNC1CCN(C(=O)Cc2ccc3cn[nH]c3c2)CC1. The molecule has 0 bridgehead atoms. The van der Waals surface area contributed by atoms with Gasteiger partial charge in [0.05, 0.1) is 18.1 Å². The van der Waals surface area contributed by atoms with Crippen molar-refractivity contribution in [2.75, 3.05) is 20.1 Å². The van der Waals surface area contributed by atoms with Gasteiger partial charge in [-0.25, -0.2) is 0 Å². The molecule has 5 nitrogen and oxygen atoms in total. The Balaban J connectivity index is 1.63. The van der Waals surface area contributed by atoms with Crippen LogP contribution in [0.1, 0.15) is 18.4 Å². The maximum Gasteiger partial charge on any atom is 0.226 e. The van der Waals surface area contributed by atoms with Gasteiger partial charge in [-0.2, -0.15) is 5.10 Å². The maximum absolute atomic E-state index is 12.3. The first-order chi connectivity index (χ1) is 9.76. The van der Waals surface area contributed by atoms with E-state index in [4.69, 9.17) is 0 Å². The highest BCUT2D eigenvalue weighted by molar-refractivity contribution is 5.82. The Morgan fingerprint density at radius 3 is 3.00 bits per heavy atom. The molecule has 1 fully saturated rings. The molecule has 0 saturated carbocycles. The highest BCUT2D eigenvalue weighted by Crippen LogP contribution is 2.15. The van der Waals surface area contributed by atoms with Crippen LogP contribution in [0.15, 0.2) is 24.4 Å². The average molecular weight is 272 g/mol. The lowest BCUT2D eigenvalue weighted by molar-refractivity contribution is -0.131. The van der Waals surface area contributed by atoms with Crippen LogP contribution in [0.5, 0.6) is 0 Å². The second kappa shape index (κ2) is 5.63. The third-order valence-corrected chi connectivity index (χ3v) is 4.12. The molecular formula is C15H20N4O. The molecule has 1 amide bonds. The van der Waals surface area contributed by atoms with Gasteiger partial charge in [0.2, 0.25) is 5.91 Å². The van der Waals surface area contributed by atoms with E-state index < -0.39 is 0 Å². The number of nitrogens with one attached hydrogen (secondary N) is 2. The first kappa shape index (κ1) is 13.1. The minimum absolute atomic E-state index is 0.221. The molecule has 0 radical (unpaired) electrons. The van der Waals surface area contributed by atoms with Gasteiger partial charge >= 0.3 is 0 Å². The summed E-state index contributed by atoms with van der Waals surface area (Å²) < 4.78 is 0. The summed E-state index contributed by atoms with van der Waals surface area (Å²) in [7, 11) is 1.99. The molecule has 0 aliphatic carbocycles. The number of H-pyrrole nitrogens is 1. The lowest BCUT2D eigenvalue weighted by atomic mass is 10.0. The van der Waals surface area contributed by atoms with Crippen LogP contribution in [0.3, 0.4) is 0 Å². The van der Waals surface area contributed by atoms with Crippen LogP contribution in [0.2, 0.25) is 0 Å². The van der Waals surface area contributed by atoms with Gasteiger partial charge in [0.25, 0.3) is 0 Å². The maximum atomic E-state index is 12.3. The summed E-state index contributed by atoms with van der Waals surface area (Å²) in [5, 5.41) is 11.3. The standard InChI is InChI=1S/C15H20N4O/c1-16-13-4-6-19(7-5-13)15(20)9-11-2-3-12-10-17-18-14(12)8-11/h2-3,8,10,13,16H,4-7,9H2,1H3,(H,17,18). The molecule has 1 aromatic carbocycles. The third-order valence-electron chi connectivity index (χ3n) is 4.12. The molecule has 3 rings (SSSR count). The van der Waals surface area contributed by atoms with Gasteiger partial charge in [-0.15, -0.1) is 0 Å². The Morgan fingerprint density at radius 1 is 1.45 bits per heavy atom. The van der Waals surface area contributed by atoms with Crippen LogP contribution in [0.4, 0.5) is 0 Å². The Hall–Kier alpha value is -1.88. The van der Waals surface area contributed by atoms with E-state index in [-0.39, 0.29) is 5.91 Å². The lowest BCUT2D eigenvalue weighted by Crippen LogP contribution is -2.44. The largest absolute Gasteiger partial charge is 0.342 e. The van der Waals surface area contributed by atoms with Crippen molar-refractivity contribution in [3.8, 4) is 0 Å². The van der Waals surface area contributed by atoms with Gasteiger partial charge in [0, 0.05) is 24.5 Å². The molecule has 1 aromatic heterocycles. The molecule has 2 aromatic rings. The predicted molar refractivity (Wildman–Crippen MR) is 78.5 cm³/mol. The van der Waals surface area contributed by atoms with Crippen molar-refractivity contribution < 1.29 is 4.79 Å². The van der Waals surface area contributed by atoms with Gasteiger partial charge in [-0.3, -0.25) is 9.89 Å². The summed E-state index contributed by atoms with van der Waals surface area (Å²) in [4.78, 5) is 14.3. The molecule has 0 atom stereocenters. The van der Waals surface area contributed by atoms with Crippen molar-refractivity contribution in [3.63, 3.8) is 0 Å². The van der Waals surface area contributed by atoms with Crippen molar-refractivity contribution in [3.05, 3.63) is 30.0 Å². The number of rotatable bonds is 3. The number of aromatic amines is 1. The van der Waals surface area contributed by atoms with E-state index in [1.54, 1.807) is 6.20 Å². The highest BCUT2D eigenvalue weighted by Gasteiger charge is 2.21. The normalized spacial score (nSPS) is 16.8. The molecule has 2 N–H and O–H groups in total. The van der Waals surface area contributed by atoms with E-state index in [1.165, 1.54) is 0 Å². The fraction of sp³-hybridized carbons (Fsp3) is 0.467. The van der Waals surface area contributed by atoms with Gasteiger partial charge in [0.1, 0.15) is 0 Å². The van der Waals surface area contributed by atoms with Gasteiger partial charge in [-0.1, -0.05) is 12.1 Å². The second-order valence-corrected chi connectivity index (χ2v) is 5.41. The molecular weight excluding hydrogens is 252 g/mol. The van der Waals surface area contributed by atoms with Crippen molar-refractivity contribution >= 4 is 16.8 Å². The number of carbonyl (C=O) groups excluding carboxylic acids is 1. The summed E-state index contributed by atoms with van der Waals surface area (Å²) in [6.45, 7) is 1.72. The fourth-order valence-corrected chi connectivity index (χ4v) is 2.80. The number of fused-ring (bicyclic) bond motifs is 1. The number of piperidine rings is 1. The minimum Gasteiger partial charge on any atom is -0.342 e. The van der Waals surface area contributed by atoms with E-state index in [0.717, 1.165) is 42.4 Å². The number of amides is 1. The Kier molecular flexibility index (Phi) is 3.69. The van der Waals surface area contributed by atoms with Gasteiger partial charge in [0.15, 0.2) is 0 Å². The number of aromatic nitrogens is 2. The monoisotopic (exact) mass is 272 g/mol. The van der Waals surface area contributed by atoms with Crippen LogP contribution in [0.25, 0.3) is 10.9 Å². The predicted octanol–water partition coefficient (Wildman–Crippen LogP) is 1.32. The number of carbonyl (C=O) groups is 1. The highest BCUT2D eigenvalue weighted by atomic mass is 16.2. The van der Waals surface area contributed by atoms with Crippen LogP contribution in [0, 0.1) is 0 Å². The summed E-state index contributed by atoms with van der Waals surface area (Å²) in [6, 6.07) is 6.59. The fourth-order valence-electron chi connectivity index (χ4n) is 2.80. The number of nitrogens with zero attached hydrogens (tertiary/aromatic N) is 2. The smallest absolute Gasteiger partial charge is 0.226 e. The molecule has 5 heteroatoms. The van der Waals surface area contributed by atoms with Gasteiger partial charge in [-0.05, 0) is 31.5 Å². The van der Waals surface area contributed by atoms with Crippen molar-refractivity contribution in [1.29, 1.82) is 0 Å². The molecule has 1 saturated heterocycles. The first-order valence-electron chi connectivity index (χ1n) is 7.13. The second-order valence-electron chi connectivity index (χ2n) is 5.41. The lowest BCUT2D eigenvalue weighted by Gasteiger charge is -2.31. The van der Waals surface area contributed by atoms with Crippen molar-refractivity contribution in [1.82, 2.24) is 20.4 Å². The molecule has 0 spiro atoms. The van der Waals surface area contributed by atoms with E-state index in [2.05, 4.69) is 15.5 Å². The number of hydrogen-bond acceptors (Lipinski definition) is 3. The third kappa shape index (κ3) is 2.67. The van der Waals surface area contributed by atoms with Gasteiger partial charge < -0.3 is 10.2 Å². The zero-order valence-electron chi connectivity index (χ0n) is 11.7. The average Bonchev–Trinajstić information content (AvgIpc) is 2.95. The summed E-state index contributed by atoms with van der Waals surface area (Å²) in [5.41, 5.74) is 2.03. The molecule has 1 aliphatic heterocycles.